The summed E-state index contributed by atoms with van der Waals surface area (Å²) in [6.07, 6.45) is 0.110. The van der Waals surface area contributed by atoms with Crippen molar-refractivity contribution in [2.24, 2.45) is 4.99 Å². The van der Waals surface area contributed by atoms with Gasteiger partial charge in [-0.2, -0.15) is 0 Å². The van der Waals surface area contributed by atoms with Gasteiger partial charge in [-0.1, -0.05) is 0 Å². The zero-order valence-electron chi connectivity index (χ0n) is 6.75. The number of aliphatic imine (C=N–C) groups is 1. The molecule has 12 heavy (non-hydrogen) atoms. The lowest BCUT2D eigenvalue weighted by Crippen LogP contribution is -2.33. The molecule has 1 rings (SSSR count). The molecule has 0 aromatic carbocycles. The Hall–Kier alpha value is -1.10. The molecule has 0 aliphatic carbocycles. The van der Waals surface area contributed by atoms with E-state index in [0.717, 1.165) is 5.84 Å². The molecule has 1 aliphatic rings. The van der Waals surface area contributed by atoms with E-state index in [2.05, 4.69) is 10.3 Å². The van der Waals surface area contributed by atoms with Gasteiger partial charge < -0.3 is 15.2 Å². The molecule has 1 aliphatic heterocycles. The maximum atomic E-state index is 10.1. The molecule has 5 nitrogen and oxygen atoms in total. The van der Waals surface area contributed by atoms with E-state index in [4.69, 9.17) is 9.84 Å². The normalized spacial score (nSPS) is 16.8. The number of aliphatic carboxylic acids is 1. The Balaban J connectivity index is 2.13. The topological polar surface area (TPSA) is 70.9 Å². The molecule has 68 valence electrons. The minimum atomic E-state index is -0.806. The maximum absolute atomic E-state index is 10.1. The summed E-state index contributed by atoms with van der Waals surface area (Å²) in [6.45, 7) is 2.21. The molecule has 0 bridgehead atoms. The summed E-state index contributed by atoms with van der Waals surface area (Å²) in [5.74, 6) is -0.0534. The molecular formula is C7H12N2O3. The lowest BCUT2D eigenvalue weighted by Gasteiger charge is -2.13. The number of carbonyl (C=O) groups is 1. The van der Waals surface area contributed by atoms with E-state index in [-0.39, 0.29) is 6.42 Å². The second-order valence-electron chi connectivity index (χ2n) is 2.45. The fourth-order valence-corrected chi connectivity index (χ4v) is 0.880. The first-order valence-corrected chi connectivity index (χ1v) is 3.86. The Bertz CT molecular complexity index is 191. The highest BCUT2D eigenvalue weighted by Crippen LogP contribution is 1.88. The minimum Gasteiger partial charge on any atom is -0.481 e. The summed E-state index contributed by atoms with van der Waals surface area (Å²) in [5.41, 5.74) is 0. The molecule has 0 aromatic heterocycles. The number of nitrogens with one attached hydrogen (secondary N) is 1. The molecule has 2 N–H and O–H groups in total. The Morgan fingerprint density at radius 3 is 3.17 bits per heavy atom. The van der Waals surface area contributed by atoms with E-state index in [9.17, 15) is 4.79 Å². The quantitative estimate of drug-likeness (QED) is 0.601. The van der Waals surface area contributed by atoms with Gasteiger partial charge in [0.2, 0.25) is 0 Å². The van der Waals surface area contributed by atoms with Gasteiger partial charge in [0.15, 0.2) is 0 Å². The zero-order valence-corrected chi connectivity index (χ0v) is 6.75. The largest absolute Gasteiger partial charge is 0.481 e. The number of carboxylic acids is 1. The fraction of sp³-hybridized carbons (Fsp3) is 0.714. The van der Waals surface area contributed by atoms with E-state index >= 15 is 0 Å². The molecule has 0 saturated heterocycles. The van der Waals surface area contributed by atoms with Gasteiger partial charge in [-0.15, -0.1) is 0 Å². The van der Waals surface area contributed by atoms with Gasteiger partial charge in [0.1, 0.15) is 12.4 Å². The number of rotatable bonds is 3. The molecule has 0 aromatic rings. The third-order valence-corrected chi connectivity index (χ3v) is 1.44. The SMILES string of the molecule is O=C(O)CCNC1=NCCOC1. The van der Waals surface area contributed by atoms with Crippen LogP contribution in [0.5, 0.6) is 0 Å². The van der Waals surface area contributed by atoms with Crippen molar-refractivity contribution in [3.05, 3.63) is 0 Å². The number of hydrogen-bond donors (Lipinski definition) is 2. The van der Waals surface area contributed by atoms with E-state index in [0.29, 0.717) is 26.3 Å². The summed E-state index contributed by atoms with van der Waals surface area (Å²) in [5, 5.41) is 11.2. The van der Waals surface area contributed by atoms with Crippen LogP contribution in [0.3, 0.4) is 0 Å². The average molecular weight is 172 g/mol. The van der Waals surface area contributed by atoms with Crippen LogP contribution in [0.1, 0.15) is 6.42 Å². The smallest absolute Gasteiger partial charge is 0.305 e. The van der Waals surface area contributed by atoms with Crippen LogP contribution in [0, 0.1) is 0 Å². The first kappa shape index (κ1) is 8.99. The Morgan fingerprint density at radius 1 is 1.75 bits per heavy atom. The predicted molar refractivity (Wildman–Crippen MR) is 43.4 cm³/mol. The molecule has 0 amide bonds. The predicted octanol–water partition coefficient (Wildman–Crippen LogP) is -0.521. The highest BCUT2D eigenvalue weighted by atomic mass is 16.5. The number of nitrogens with zero attached hydrogens (tertiary/aromatic N) is 1. The lowest BCUT2D eigenvalue weighted by atomic mass is 10.4. The summed E-state index contributed by atoms with van der Waals surface area (Å²) < 4.78 is 5.10. The van der Waals surface area contributed by atoms with Crippen LogP contribution in [0.4, 0.5) is 0 Å². The molecule has 1 heterocycles. The van der Waals surface area contributed by atoms with Crippen LogP contribution in [-0.2, 0) is 9.53 Å². The van der Waals surface area contributed by atoms with Crippen molar-refractivity contribution in [1.29, 1.82) is 0 Å². The maximum Gasteiger partial charge on any atom is 0.305 e. The van der Waals surface area contributed by atoms with Crippen LogP contribution < -0.4 is 5.32 Å². The molecule has 0 radical (unpaired) electrons. The summed E-state index contributed by atoms with van der Waals surface area (Å²) in [7, 11) is 0. The first-order chi connectivity index (χ1) is 5.79. The van der Waals surface area contributed by atoms with Crippen LogP contribution >= 0.6 is 0 Å². The van der Waals surface area contributed by atoms with E-state index in [1.54, 1.807) is 0 Å². The van der Waals surface area contributed by atoms with Crippen LogP contribution in [-0.4, -0.2) is 43.2 Å². The van der Waals surface area contributed by atoms with Crippen molar-refractivity contribution in [2.45, 2.75) is 6.42 Å². The Kier molecular flexibility index (Phi) is 3.53. The van der Waals surface area contributed by atoms with Crippen molar-refractivity contribution in [1.82, 2.24) is 5.32 Å². The summed E-state index contributed by atoms with van der Waals surface area (Å²) >= 11 is 0. The van der Waals surface area contributed by atoms with Crippen LogP contribution in [0.25, 0.3) is 0 Å². The van der Waals surface area contributed by atoms with Gasteiger partial charge in [-0.05, 0) is 0 Å². The van der Waals surface area contributed by atoms with Crippen LogP contribution in [0.15, 0.2) is 4.99 Å². The second kappa shape index (κ2) is 4.71. The zero-order chi connectivity index (χ0) is 8.81. The standard InChI is InChI=1S/C7H12N2O3/c10-7(11)1-2-8-6-5-12-4-3-9-6/h1-5H2,(H,8,9)(H,10,11). The van der Waals surface area contributed by atoms with Crippen molar-refractivity contribution in [3.63, 3.8) is 0 Å². The van der Waals surface area contributed by atoms with Gasteiger partial charge in [0.25, 0.3) is 0 Å². The van der Waals surface area contributed by atoms with Crippen molar-refractivity contribution in [3.8, 4) is 0 Å². The van der Waals surface area contributed by atoms with Gasteiger partial charge in [0.05, 0.1) is 19.6 Å². The summed E-state index contributed by atoms with van der Waals surface area (Å²) in [6, 6.07) is 0. The Labute approximate surface area is 70.4 Å². The molecule has 5 heteroatoms. The number of hydrogen-bond acceptors (Lipinski definition) is 4. The minimum absolute atomic E-state index is 0.110. The number of ether oxygens (including phenoxy) is 1. The van der Waals surface area contributed by atoms with Crippen molar-refractivity contribution >= 4 is 11.8 Å². The summed E-state index contributed by atoms with van der Waals surface area (Å²) in [4.78, 5) is 14.2. The number of amidine groups is 1. The molecule has 0 saturated carbocycles. The van der Waals surface area contributed by atoms with Crippen molar-refractivity contribution in [2.75, 3.05) is 26.3 Å². The highest BCUT2D eigenvalue weighted by molar-refractivity contribution is 5.84. The van der Waals surface area contributed by atoms with E-state index in [1.807, 2.05) is 0 Å². The Morgan fingerprint density at radius 2 is 2.58 bits per heavy atom. The second-order valence-corrected chi connectivity index (χ2v) is 2.45. The van der Waals surface area contributed by atoms with E-state index < -0.39 is 5.97 Å². The monoisotopic (exact) mass is 172 g/mol. The average Bonchev–Trinajstić information content (AvgIpc) is 2.05. The van der Waals surface area contributed by atoms with Gasteiger partial charge >= 0.3 is 5.97 Å². The van der Waals surface area contributed by atoms with Crippen molar-refractivity contribution < 1.29 is 14.6 Å². The van der Waals surface area contributed by atoms with Gasteiger partial charge in [0, 0.05) is 6.54 Å². The van der Waals surface area contributed by atoms with E-state index in [1.165, 1.54) is 0 Å². The highest BCUT2D eigenvalue weighted by Gasteiger charge is 2.04. The third-order valence-electron chi connectivity index (χ3n) is 1.44. The lowest BCUT2D eigenvalue weighted by molar-refractivity contribution is -0.136. The third kappa shape index (κ3) is 3.34. The first-order valence-electron chi connectivity index (χ1n) is 3.86. The molecule has 0 unspecified atom stereocenters. The van der Waals surface area contributed by atoms with Gasteiger partial charge in [-0.25, -0.2) is 0 Å². The molecule has 0 atom stereocenters. The van der Waals surface area contributed by atoms with Gasteiger partial charge in [-0.3, -0.25) is 9.79 Å². The molecule has 0 spiro atoms. The fourth-order valence-electron chi connectivity index (χ4n) is 0.880. The molecule has 0 fully saturated rings. The van der Waals surface area contributed by atoms with Crippen LogP contribution in [0.2, 0.25) is 0 Å². The number of carboxylic acid groups (broad SMARTS) is 1. The molecular weight excluding hydrogens is 160 g/mol.